The first-order valence-electron chi connectivity index (χ1n) is 10.7. The number of aromatic nitrogens is 2. The number of piperazine rings is 1. The van der Waals surface area contributed by atoms with E-state index in [9.17, 15) is 9.59 Å². The van der Waals surface area contributed by atoms with Gasteiger partial charge >= 0.3 is 0 Å². The standard InChI is InChI=1S/C25H27N5O2/c1-17-5-8-20(9-6-17)24(31)28-23-22(26-10-11-27-23)25(32)30-14-12-29(13-15-30)21-16-18(2)4-7-19(21)3/h4-11,16H,12-15H2,1-3H3,(H,27,28,31). The van der Waals surface area contributed by atoms with E-state index < -0.39 is 0 Å². The topological polar surface area (TPSA) is 78.4 Å². The summed E-state index contributed by atoms with van der Waals surface area (Å²) in [6, 6.07) is 13.7. The highest BCUT2D eigenvalue weighted by Crippen LogP contribution is 2.23. The highest BCUT2D eigenvalue weighted by molar-refractivity contribution is 6.07. The van der Waals surface area contributed by atoms with Crippen molar-refractivity contribution in [1.82, 2.24) is 14.9 Å². The Morgan fingerprint density at radius 3 is 2.22 bits per heavy atom. The first kappa shape index (κ1) is 21.5. The normalized spacial score (nSPS) is 13.7. The molecule has 1 aliphatic rings. The minimum absolute atomic E-state index is 0.160. The maximum Gasteiger partial charge on any atom is 0.276 e. The highest BCUT2D eigenvalue weighted by Gasteiger charge is 2.26. The molecular weight excluding hydrogens is 402 g/mol. The first-order chi connectivity index (χ1) is 15.4. The van der Waals surface area contributed by atoms with Crippen molar-refractivity contribution in [2.24, 2.45) is 0 Å². The number of carbonyl (C=O) groups is 2. The van der Waals surface area contributed by atoms with Crippen LogP contribution in [0.1, 0.15) is 37.5 Å². The Bertz CT molecular complexity index is 1140. The molecule has 0 unspecified atom stereocenters. The fraction of sp³-hybridized carbons (Fsp3) is 0.280. The predicted octanol–water partition coefficient (Wildman–Crippen LogP) is 3.62. The fourth-order valence-corrected chi connectivity index (χ4v) is 3.83. The molecule has 1 saturated heterocycles. The molecule has 7 nitrogen and oxygen atoms in total. The van der Waals surface area contributed by atoms with Gasteiger partial charge in [0.25, 0.3) is 11.8 Å². The lowest BCUT2D eigenvalue weighted by Gasteiger charge is -2.37. The number of nitrogens with zero attached hydrogens (tertiary/aromatic N) is 4. The van der Waals surface area contributed by atoms with Gasteiger partial charge in [-0.05, 0) is 50.1 Å². The van der Waals surface area contributed by atoms with Gasteiger partial charge in [0.2, 0.25) is 0 Å². The smallest absolute Gasteiger partial charge is 0.276 e. The molecule has 4 rings (SSSR count). The van der Waals surface area contributed by atoms with Crippen molar-refractivity contribution in [3.05, 3.63) is 82.8 Å². The number of carbonyl (C=O) groups excluding carboxylic acids is 2. The number of amides is 2. The maximum atomic E-state index is 13.2. The van der Waals surface area contributed by atoms with Crippen LogP contribution in [0, 0.1) is 20.8 Å². The van der Waals surface area contributed by atoms with Crippen LogP contribution in [0.15, 0.2) is 54.9 Å². The van der Waals surface area contributed by atoms with E-state index in [1.165, 1.54) is 29.2 Å². The van der Waals surface area contributed by atoms with Crippen LogP contribution in [0.25, 0.3) is 0 Å². The molecule has 2 amide bonds. The molecule has 32 heavy (non-hydrogen) atoms. The molecule has 0 saturated carbocycles. The van der Waals surface area contributed by atoms with Crippen LogP contribution in [-0.4, -0.2) is 52.9 Å². The Hall–Kier alpha value is -3.74. The van der Waals surface area contributed by atoms with E-state index >= 15 is 0 Å². The van der Waals surface area contributed by atoms with Crippen molar-refractivity contribution in [1.29, 1.82) is 0 Å². The van der Waals surface area contributed by atoms with Crippen LogP contribution in [0.4, 0.5) is 11.5 Å². The highest BCUT2D eigenvalue weighted by atomic mass is 16.2. The monoisotopic (exact) mass is 429 g/mol. The summed E-state index contributed by atoms with van der Waals surface area (Å²) in [7, 11) is 0. The number of aryl methyl sites for hydroxylation is 3. The minimum atomic E-state index is -0.320. The second-order valence-corrected chi connectivity index (χ2v) is 8.14. The second-order valence-electron chi connectivity index (χ2n) is 8.14. The molecule has 164 valence electrons. The molecule has 0 radical (unpaired) electrons. The Balaban J connectivity index is 1.46. The van der Waals surface area contributed by atoms with Crippen LogP contribution < -0.4 is 10.2 Å². The lowest BCUT2D eigenvalue weighted by molar-refractivity contribution is 0.0741. The third kappa shape index (κ3) is 4.61. The molecule has 3 aromatic rings. The summed E-state index contributed by atoms with van der Waals surface area (Å²) in [5.41, 5.74) is 5.39. The van der Waals surface area contributed by atoms with Crippen LogP contribution in [0.3, 0.4) is 0 Å². The molecule has 0 spiro atoms. The van der Waals surface area contributed by atoms with Crippen molar-refractivity contribution in [2.45, 2.75) is 20.8 Å². The average molecular weight is 430 g/mol. The lowest BCUT2D eigenvalue weighted by atomic mass is 10.1. The summed E-state index contributed by atoms with van der Waals surface area (Å²) >= 11 is 0. The Kier molecular flexibility index (Phi) is 6.16. The molecule has 1 fully saturated rings. The third-order valence-electron chi connectivity index (χ3n) is 5.72. The van der Waals surface area contributed by atoms with E-state index in [1.54, 1.807) is 17.0 Å². The molecule has 7 heteroatoms. The van der Waals surface area contributed by atoms with Gasteiger partial charge in [0.15, 0.2) is 11.5 Å². The first-order valence-corrected chi connectivity index (χ1v) is 10.7. The fourth-order valence-electron chi connectivity index (χ4n) is 3.83. The van der Waals surface area contributed by atoms with Gasteiger partial charge in [-0.1, -0.05) is 29.8 Å². The van der Waals surface area contributed by atoms with Gasteiger partial charge in [-0.3, -0.25) is 9.59 Å². The SMILES string of the molecule is Cc1ccc(C(=O)Nc2nccnc2C(=O)N2CCN(c3cc(C)ccc3C)CC2)cc1. The molecule has 2 heterocycles. The number of rotatable bonds is 4. The predicted molar refractivity (Wildman–Crippen MR) is 125 cm³/mol. The van der Waals surface area contributed by atoms with Crippen LogP contribution in [0.5, 0.6) is 0 Å². The van der Waals surface area contributed by atoms with Gasteiger partial charge in [0.05, 0.1) is 0 Å². The molecule has 0 atom stereocenters. The van der Waals surface area contributed by atoms with Crippen molar-refractivity contribution < 1.29 is 9.59 Å². The van der Waals surface area contributed by atoms with Gasteiger partial charge in [0.1, 0.15) is 0 Å². The zero-order valence-electron chi connectivity index (χ0n) is 18.6. The third-order valence-corrected chi connectivity index (χ3v) is 5.72. The second kappa shape index (κ2) is 9.18. The lowest BCUT2D eigenvalue weighted by Crippen LogP contribution is -2.49. The summed E-state index contributed by atoms with van der Waals surface area (Å²) in [4.78, 5) is 38.4. The number of nitrogens with one attached hydrogen (secondary N) is 1. The van der Waals surface area contributed by atoms with E-state index in [-0.39, 0.29) is 23.3 Å². The van der Waals surface area contributed by atoms with Crippen LogP contribution in [-0.2, 0) is 0 Å². The number of hydrogen-bond donors (Lipinski definition) is 1. The van der Waals surface area contributed by atoms with Gasteiger partial charge in [0, 0.05) is 49.8 Å². The van der Waals surface area contributed by atoms with Crippen molar-refractivity contribution in [3.63, 3.8) is 0 Å². The van der Waals surface area contributed by atoms with Crippen molar-refractivity contribution >= 4 is 23.3 Å². The van der Waals surface area contributed by atoms with E-state index in [1.807, 2.05) is 19.1 Å². The van der Waals surface area contributed by atoms with E-state index in [0.29, 0.717) is 18.7 Å². The summed E-state index contributed by atoms with van der Waals surface area (Å²) in [5.74, 6) is -0.364. The van der Waals surface area contributed by atoms with E-state index in [2.05, 4.69) is 52.2 Å². The molecular formula is C25H27N5O2. The molecule has 1 aliphatic heterocycles. The molecule has 1 aromatic heterocycles. The van der Waals surface area contributed by atoms with Gasteiger partial charge in [-0.2, -0.15) is 0 Å². The average Bonchev–Trinajstić information content (AvgIpc) is 2.81. The summed E-state index contributed by atoms with van der Waals surface area (Å²) in [5, 5.41) is 2.74. The minimum Gasteiger partial charge on any atom is -0.368 e. The molecule has 1 N–H and O–H groups in total. The summed E-state index contributed by atoms with van der Waals surface area (Å²) < 4.78 is 0. The number of benzene rings is 2. The zero-order chi connectivity index (χ0) is 22.7. The summed E-state index contributed by atoms with van der Waals surface area (Å²) in [6.07, 6.45) is 2.95. The number of anilines is 2. The maximum absolute atomic E-state index is 13.2. The molecule has 2 aromatic carbocycles. The van der Waals surface area contributed by atoms with Gasteiger partial charge < -0.3 is 15.1 Å². The summed E-state index contributed by atoms with van der Waals surface area (Å²) in [6.45, 7) is 8.78. The van der Waals surface area contributed by atoms with E-state index in [4.69, 9.17) is 0 Å². The number of hydrogen-bond acceptors (Lipinski definition) is 5. The quantitative estimate of drug-likeness (QED) is 0.685. The van der Waals surface area contributed by atoms with Crippen LogP contribution >= 0.6 is 0 Å². The Labute approximate surface area is 188 Å². The Morgan fingerprint density at radius 2 is 1.50 bits per heavy atom. The van der Waals surface area contributed by atoms with Crippen LogP contribution in [0.2, 0.25) is 0 Å². The molecule has 0 bridgehead atoms. The van der Waals surface area contributed by atoms with Crippen molar-refractivity contribution in [2.75, 3.05) is 36.4 Å². The van der Waals surface area contributed by atoms with Gasteiger partial charge in [-0.15, -0.1) is 0 Å². The van der Waals surface area contributed by atoms with E-state index in [0.717, 1.165) is 18.7 Å². The Morgan fingerprint density at radius 1 is 0.844 bits per heavy atom. The largest absolute Gasteiger partial charge is 0.368 e. The van der Waals surface area contributed by atoms with Gasteiger partial charge in [-0.25, -0.2) is 9.97 Å². The van der Waals surface area contributed by atoms with Crippen molar-refractivity contribution in [3.8, 4) is 0 Å². The zero-order valence-corrected chi connectivity index (χ0v) is 18.6. The molecule has 0 aliphatic carbocycles.